The lowest BCUT2D eigenvalue weighted by atomic mass is 10.2. The number of amides is 1. The summed E-state index contributed by atoms with van der Waals surface area (Å²) in [6, 6.07) is 7.49. The molecule has 0 bridgehead atoms. The van der Waals surface area contributed by atoms with Crippen molar-refractivity contribution in [1.29, 1.82) is 0 Å². The molecule has 0 spiro atoms. The summed E-state index contributed by atoms with van der Waals surface area (Å²) in [7, 11) is 1.64. The smallest absolute Gasteiger partial charge is 0.252 e. The number of aryl methyl sites for hydroxylation is 1. The van der Waals surface area contributed by atoms with E-state index in [0.29, 0.717) is 49.4 Å². The van der Waals surface area contributed by atoms with Crippen LogP contribution in [-0.2, 0) is 15.2 Å². The number of methoxy groups -OCH3 is 1. The Kier molecular flexibility index (Phi) is 8.44. The maximum absolute atomic E-state index is 12.4. The van der Waals surface area contributed by atoms with Gasteiger partial charge < -0.3 is 19.3 Å². The highest BCUT2D eigenvalue weighted by Gasteiger charge is 2.12. The normalized spacial score (nSPS) is 10.8. The molecule has 136 valence electrons. The van der Waals surface area contributed by atoms with Crippen LogP contribution in [0.1, 0.15) is 28.5 Å². The molecule has 1 amide bonds. The number of hydrogen-bond acceptors (Lipinski definition) is 7. The van der Waals surface area contributed by atoms with Gasteiger partial charge in [0.1, 0.15) is 0 Å². The molecule has 0 fully saturated rings. The molecular weight excluding hydrogens is 342 g/mol. The summed E-state index contributed by atoms with van der Waals surface area (Å²) in [6.45, 7) is 4.06. The van der Waals surface area contributed by atoms with Gasteiger partial charge in [-0.25, -0.2) is 0 Å². The Bertz CT molecular complexity index is 663. The maximum atomic E-state index is 12.4. The molecule has 1 heterocycles. The molecule has 1 aromatic carbocycles. The highest BCUT2D eigenvalue weighted by Crippen LogP contribution is 2.25. The molecule has 2 rings (SSSR count). The second kappa shape index (κ2) is 10.9. The summed E-state index contributed by atoms with van der Waals surface area (Å²) in [5.74, 6) is 1.61. The van der Waals surface area contributed by atoms with Crippen molar-refractivity contribution in [2.24, 2.45) is 0 Å². The topological polar surface area (TPSA) is 86.5 Å². The third-order valence-electron chi connectivity index (χ3n) is 3.24. The average Bonchev–Trinajstić information content (AvgIpc) is 3.04. The number of thioether (sulfide) groups is 1. The molecule has 0 radical (unpaired) electrons. The predicted octanol–water partition coefficient (Wildman–Crippen LogP) is 2.45. The van der Waals surface area contributed by atoms with Gasteiger partial charge in [-0.05, 0) is 18.6 Å². The van der Waals surface area contributed by atoms with E-state index in [0.717, 1.165) is 11.3 Å². The van der Waals surface area contributed by atoms with Gasteiger partial charge in [0.2, 0.25) is 5.89 Å². The van der Waals surface area contributed by atoms with Gasteiger partial charge in [0.25, 0.3) is 5.91 Å². The molecule has 8 heteroatoms. The van der Waals surface area contributed by atoms with E-state index < -0.39 is 0 Å². The summed E-state index contributed by atoms with van der Waals surface area (Å²) >= 11 is 1.51. The molecule has 0 atom stereocenters. The van der Waals surface area contributed by atoms with Gasteiger partial charge in [-0.1, -0.05) is 17.3 Å². The molecule has 0 aliphatic heterocycles. The number of rotatable bonds is 11. The van der Waals surface area contributed by atoms with Crippen molar-refractivity contribution in [2.75, 3.05) is 33.5 Å². The lowest BCUT2D eigenvalue weighted by Crippen LogP contribution is -2.25. The van der Waals surface area contributed by atoms with Crippen molar-refractivity contribution in [2.45, 2.75) is 24.0 Å². The lowest BCUT2D eigenvalue weighted by molar-refractivity contribution is 0.0688. The Morgan fingerprint density at radius 1 is 1.28 bits per heavy atom. The van der Waals surface area contributed by atoms with Crippen LogP contribution in [0.3, 0.4) is 0 Å². The average molecular weight is 365 g/mol. The maximum Gasteiger partial charge on any atom is 0.252 e. The summed E-state index contributed by atoms with van der Waals surface area (Å²) in [6.07, 6.45) is 0.757. The van der Waals surface area contributed by atoms with Crippen LogP contribution in [0.5, 0.6) is 0 Å². The fourth-order valence-corrected chi connectivity index (χ4v) is 2.93. The van der Waals surface area contributed by atoms with E-state index in [4.69, 9.17) is 14.0 Å². The van der Waals surface area contributed by atoms with Gasteiger partial charge in [0, 0.05) is 32.1 Å². The number of aromatic nitrogens is 2. The molecule has 7 nitrogen and oxygen atoms in total. The molecule has 0 unspecified atom stereocenters. The van der Waals surface area contributed by atoms with Crippen LogP contribution in [0.2, 0.25) is 0 Å². The number of carbonyl (C=O) groups excluding carboxylic acids is 1. The molecule has 1 N–H and O–H groups in total. The van der Waals surface area contributed by atoms with E-state index in [9.17, 15) is 4.79 Å². The number of nitrogens with zero attached hydrogens (tertiary/aromatic N) is 2. The lowest BCUT2D eigenvalue weighted by Gasteiger charge is -2.09. The summed E-state index contributed by atoms with van der Waals surface area (Å²) in [5, 5.41) is 6.79. The van der Waals surface area contributed by atoms with Gasteiger partial charge in [-0.15, -0.1) is 11.8 Å². The first kappa shape index (κ1) is 19.4. The van der Waals surface area contributed by atoms with Crippen molar-refractivity contribution >= 4 is 17.7 Å². The minimum absolute atomic E-state index is 0.0933. The van der Waals surface area contributed by atoms with Gasteiger partial charge >= 0.3 is 0 Å². The largest absolute Gasteiger partial charge is 0.382 e. The van der Waals surface area contributed by atoms with E-state index in [1.807, 2.05) is 24.3 Å². The van der Waals surface area contributed by atoms with Crippen molar-refractivity contribution < 1.29 is 18.8 Å². The quantitative estimate of drug-likeness (QED) is 0.483. The Labute approximate surface area is 151 Å². The van der Waals surface area contributed by atoms with Crippen LogP contribution in [0.25, 0.3) is 0 Å². The Morgan fingerprint density at radius 2 is 2.12 bits per heavy atom. The first-order valence-corrected chi connectivity index (χ1v) is 9.05. The van der Waals surface area contributed by atoms with Crippen LogP contribution >= 0.6 is 11.8 Å². The molecular formula is C17H23N3O4S. The monoisotopic (exact) mass is 365 g/mol. The van der Waals surface area contributed by atoms with E-state index >= 15 is 0 Å². The summed E-state index contributed by atoms with van der Waals surface area (Å²) in [5.41, 5.74) is 0.646. The van der Waals surface area contributed by atoms with Crippen LogP contribution in [-0.4, -0.2) is 49.5 Å². The number of benzene rings is 1. The molecule has 0 aliphatic rings. The SMILES string of the molecule is COCCOCCCNC(=O)c1ccccc1SCc1noc(C)n1. The second-order valence-electron chi connectivity index (χ2n) is 5.23. The first-order valence-electron chi connectivity index (χ1n) is 8.06. The summed E-state index contributed by atoms with van der Waals surface area (Å²) < 4.78 is 15.2. The van der Waals surface area contributed by atoms with Crippen molar-refractivity contribution in [3.05, 3.63) is 41.5 Å². The Balaban J connectivity index is 1.79. The number of hydrogen-bond donors (Lipinski definition) is 1. The third-order valence-corrected chi connectivity index (χ3v) is 4.31. The Hall–Kier alpha value is -1.90. The van der Waals surface area contributed by atoms with Gasteiger partial charge in [-0.2, -0.15) is 4.98 Å². The first-order chi connectivity index (χ1) is 12.2. The van der Waals surface area contributed by atoms with E-state index in [-0.39, 0.29) is 5.91 Å². The van der Waals surface area contributed by atoms with Crippen molar-refractivity contribution in [3.63, 3.8) is 0 Å². The van der Waals surface area contributed by atoms with Crippen LogP contribution in [0.15, 0.2) is 33.7 Å². The zero-order valence-electron chi connectivity index (χ0n) is 14.5. The predicted molar refractivity (Wildman–Crippen MR) is 94.7 cm³/mol. The van der Waals surface area contributed by atoms with Gasteiger partial charge in [-0.3, -0.25) is 4.79 Å². The Morgan fingerprint density at radius 3 is 2.88 bits per heavy atom. The van der Waals surface area contributed by atoms with E-state index in [1.54, 1.807) is 14.0 Å². The molecule has 0 saturated heterocycles. The minimum atomic E-state index is -0.0933. The second-order valence-corrected chi connectivity index (χ2v) is 6.25. The highest BCUT2D eigenvalue weighted by atomic mass is 32.2. The zero-order chi connectivity index (χ0) is 17.9. The minimum Gasteiger partial charge on any atom is -0.382 e. The number of ether oxygens (including phenoxy) is 2. The molecule has 1 aromatic heterocycles. The molecule has 0 aliphatic carbocycles. The number of carbonyl (C=O) groups is 1. The third kappa shape index (κ3) is 6.85. The van der Waals surface area contributed by atoms with Crippen molar-refractivity contribution in [1.82, 2.24) is 15.5 Å². The van der Waals surface area contributed by atoms with E-state index in [2.05, 4.69) is 15.5 Å². The fourth-order valence-electron chi connectivity index (χ4n) is 2.04. The van der Waals surface area contributed by atoms with Crippen LogP contribution in [0.4, 0.5) is 0 Å². The van der Waals surface area contributed by atoms with Gasteiger partial charge in [0.15, 0.2) is 5.82 Å². The number of nitrogens with one attached hydrogen (secondary N) is 1. The zero-order valence-corrected chi connectivity index (χ0v) is 15.3. The molecule has 0 saturated carbocycles. The van der Waals surface area contributed by atoms with Gasteiger partial charge in [0.05, 0.1) is 24.5 Å². The standard InChI is InChI=1S/C17H23N3O4S/c1-13-19-16(20-24-13)12-25-15-7-4-3-6-14(15)17(21)18-8-5-9-23-11-10-22-2/h3-4,6-7H,5,8-12H2,1-2H3,(H,18,21). The van der Waals surface area contributed by atoms with Crippen molar-refractivity contribution in [3.8, 4) is 0 Å². The van der Waals surface area contributed by atoms with Crippen LogP contribution in [0, 0.1) is 6.92 Å². The molecule has 25 heavy (non-hydrogen) atoms. The van der Waals surface area contributed by atoms with Crippen LogP contribution < -0.4 is 5.32 Å². The highest BCUT2D eigenvalue weighted by molar-refractivity contribution is 7.98. The fraction of sp³-hybridized carbons (Fsp3) is 0.471. The summed E-state index contributed by atoms with van der Waals surface area (Å²) in [4.78, 5) is 17.4. The molecule has 2 aromatic rings. The van der Waals surface area contributed by atoms with E-state index in [1.165, 1.54) is 11.8 Å².